The Morgan fingerprint density at radius 1 is 1.71 bits per heavy atom. The van der Waals surface area contributed by atoms with Crippen molar-refractivity contribution >= 4 is 5.97 Å². The van der Waals surface area contributed by atoms with Crippen LogP contribution in [0.5, 0.6) is 0 Å². The van der Waals surface area contributed by atoms with E-state index in [-0.39, 0.29) is 6.42 Å². The molecular formula is C12H18N2O3. The second-order valence-corrected chi connectivity index (χ2v) is 4.56. The number of carbonyl (C=O) groups is 1. The van der Waals surface area contributed by atoms with Crippen LogP contribution in [0.25, 0.3) is 0 Å². The molecule has 0 aromatic carbocycles. The Morgan fingerprint density at radius 2 is 2.53 bits per heavy atom. The molecule has 0 bridgehead atoms. The third kappa shape index (κ3) is 3.30. The van der Waals surface area contributed by atoms with Crippen LogP contribution in [0, 0.1) is 5.92 Å². The van der Waals surface area contributed by atoms with Crippen molar-refractivity contribution < 1.29 is 14.3 Å². The molecule has 0 saturated carbocycles. The van der Waals surface area contributed by atoms with Gasteiger partial charge in [0.25, 0.3) is 0 Å². The number of carboxylic acids is 1. The number of oxazole rings is 1. The molecule has 0 aliphatic carbocycles. The van der Waals surface area contributed by atoms with E-state index in [1.165, 1.54) is 12.7 Å². The number of hydrogen-bond donors (Lipinski definition) is 1. The van der Waals surface area contributed by atoms with Crippen LogP contribution in [-0.4, -0.2) is 40.6 Å². The lowest BCUT2D eigenvalue weighted by molar-refractivity contribution is -0.136. The molecule has 17 heavy (non-hydrogen) atoms. The fourth-order valence-electron chi connectivity index (χ4n) is 2.29. The standard InChI is InChI=1S/C12H18N2O3/c1-2-14-4-3-9(7-14)5-11-13-10(8-17-11)6-12(15)16/h8-9H,2-7H2,1H3,(H,15,16). The molecule has 1 aromatic heterocycles. The molecule has 1 N–H and O–H groups in total. The number of aliphatic carboxylic acids is 1. The third-order valence-corrected chi connectivity index (χ3v) is 3.21. The zero-order valence-corrected chi connectivity index (χ0v) is 10.1. The van der Waals surface area contributed by atoms with E-state index in [9.17, 15) is 4.79 Å². The molecule has 0 radical (unpaired) electrons. The van der Waals surface area contributed by atoms with Crippen LogP contribution in [0.3, 0.4) is 0 Å². The van der Waals surface area contributed by atoms with Gasteiger partial charge in [0.15, 0.2) is 5.89 Å². The quantitative estimate of drug-likeness (QED) is 0.834. The highest BCUT2D eigenvalue weighted by Crippen LogP contribution is 2.20. The number of rotatable bonds is 5. The van der Waals surface area contributed by atoms with Crippen molar-refractivity contribution in [1.82, 2.24) is 9.88 Å². The molecule has 1 aliphatic rings. The lowest BCUT2D eigenvalue weighted by Gasteiger charge is -2.11. The summed E-state index contributed by atoms with van der Waals surface area (Å²) in [5, 5.41) is 8.64. The number of carboxylic acid groups (broad SMARTS) is 1. The van der Waals surface area contributed by atoms with Crippen LogP contribution in [0.1, 0.15) is 24.9 Å². The first-order valence-corrected chi connectivity index (χ1v) is 6.04. The van der Waals surface area contributed by atoms with Crippen molar-refractivity contribution in [2.45, 2.75) is 26.2 Å². The Hall–Kier alpha value is -1.36. The van der Waals surface area contributed by atoms with Gasteiger partial charge in [-0.2, -0.15) is 0 Å². The predicted molar refractivity (Wildman–Crippen MR) is 61.8 cm³/mol. The maximum Gasteiger partial charge on any atom is 0.309 e. The fraction of sp³-hybridized carbons (Fsp3) is 0.667. The summed E-state index contributed by atoms with van der Waals surface area (Å²) < 4.78 is 5.30. The van der Waals surface area contributed by atoms with E-state index in [0.717, 1.165) is 26.1 Å². The molecule has 5 heteroatoms. The fourth-order valence-corrected chi connectivity index (χ4v) is 2.29. The Bertz CT molecular complexity index is 389. The zero-order valence-electron chi connectivity index (χ0n) is 10.1. The first-order chi connectivity index (χ1) is 8.17. The summed E-state index contributed by atoms with van der Waals surface area (Å²) in [6.07, 6.45) is 3.38. The van der Waals surface area contributed by atoms with Gasteiger partial charge in [-0.25, -0.2) is 4.98 Å². The second kappa shape index (κ2) is 5.31. The van der Waals surface area contributed by atoms with Gasteiger partial charge in [0, 0.05) is 13.0 Å². The minimum atomic E-state index is -0.872. The summed E-state index contributed by atoms with van der Waals surface area (Å²) in [7, 11) is 0. The van der Waals surface area contributed by atoms with Gasteiger partial charge in [0.05, 0.1) is 12.1 Å². The third-order valence-electron chi connectivity index (χ3n) is 3.21. The molecule has 1 saturated heterocycles. The average Bonchev–Trinajstić information content (AvgIpc) is 2.88. The van der Waals surface area contributed by atoms with Crippen LogP contribution < -0.4 is 0 Å². The summed E-state index contributed by atoms with van der Waals surface area (Å²) in [6, 6.07) is 0. The monoisotopic (exact) mass is 238 g/mol. The summed E-state index contributed by atoms with van der Waals surface area (Å²) in [6.45, 7) is 5.49. The van der Waals surface area contributed by atoms with Gasteiger partial charge in [-0.05, 0) is 25.4 Å². The van der Waals surface area contributed by atoms with Crippen LogP contribution in [-0.2, 0) is 17.6 Å². The van der Waals surface area contributed by atoms with Crippen LogP contribution in [0.2, 0.25) is 0 Å². The SMILES string of the molecule is CCN1CCC(Cc2nc(CC(=O)O)co2)C1. The first kappa shape index (κ1) is 12.1. The van der Waals surface area contributed by atoms with Crippen molar-refractivity contribution in [2.24, 2.45) is 5.92 Å². The maximum atomic E-state index is 10.5. The normalized spacial score (nSPS) is 20.9. The van der Waals surface area contributed by atoms with E-state index in [4.69, 9.17) is 9.52 Å². The number of nitrogens with zero attached hydrogens (tertiary/aromatic N) is 2. The van der Waals surface area contributed by atoms with Crippen LogP contribution >= 0.6 is 0 Å². The Morgan fingerprint density at radius 3 is 3.18 bits per heavy atom. The lowest BCUT2D eigenvalue weighted by atomic mass is 10.1. The number of aromatic nitrogens is 1. The van der Waals surface area contributed by atoms with Gasteiger partial charge in [0.2, 0.25) is 0 Å². The minimum Gasteiger partial charge on any atom is -0.481 e. The minimum absolute atomic E-state index is 0.0603. The highest BCUT2D eigenvalue weighted by molar-refractivity contribution is 5.69. The summed E-state index contributed by atoms with van der Waals surface area (Å²) in [5.74, 6) is 0.387. The molecule has 1 fully saturated rings. The van der Waals surface area contributed by atoms with Gasteiger partial charge in [-0.1, -0.05) is 6.92 Å². The highest BCUT2D eigenvalue weighted by Gasteiger charge is 2.23. The first-order valence-electron chi connectivity index (χ1n) is 6.04. The topological polar surface area (TPSA) is 66.6 Å². The van der Waals surface area contributed by atoms with Crippen molar-refractivity contribution in [1.29, 1.82) is 0 Å². The van der Waals surface area contributed by atoms with E-state index in [1.807, 2.05) is 0 Å². The van der Waals surface area contributed by atoms with E-state index >= 15 is 0 Å². The smallest absolute Gasteiger partial charge is 0.309 e. The summed E-state index contributed by atoms with van der Waals surface area (Å²) in [5.41, 5.74) is 0.512. The van der Waals surface area contributed by atoms with Gasteiger partial charge in [-0.3, -0.25) is 4.79 Å². The maximum absolute atomic E-state index is 10.5. The molecule has 94 valence electrons. The number of likely N-dealkylation sites (tertiary alicyclic amines) is 1. The number of hydrogen-bond acceptors (Lipinski definition) is 4. The highest BCUT2D eigenvalue weighted by atomic mass is 16.4. The lowest BCUT2D eigenvalue weighted by Crippen LogP contribution is -2.20. The van der Waals surface area contributed by atoms with E-state index in [0.29, 0.717) is 17.5 Å². The van der Waals surface area contributed by atoms with Crippen molar-refractivity contribution in [3.05, 3.63) is 17.8 Å². The van der Waals surface area contributed by atoms with Gasteiger partial charge >= 0.3 is 5.97 Å². The Labute approximate surface area is 100 Å². The average molecular weight is 238 g/mol. The molecular weight excluding hydrogens is 220 g/mol. The Balaban J connectivity index is 1.87. The molecule has 1 atom stereocenters. The van der Waals surface area contributed by atoms with Gasteiger partial charge in [-0.15, -0.1) is 0 Å². The Kier molecular flexibility index (Phi) is 3.78. The molecule has 1 aliphatic heterocycles. The molecule has 5 nitrogen and oxygen atoms in total. The molecule has 2 rings (SSSR count). The van der Waals surface area contributed by atoms with E-state index in [1.54, 1.807) is 0 Å². The van der Waals surface area contributed by atoms with Gasteiger partial charge < -0.3 is 14.4 Å². The molecule has 0 spiro atoms. The predicted octanol–water partition coefficient (Wildman–Crippen LogP) is 1.19. The van der Waals surface area contributed by atoms with Gasteiger partial charge in [0.1, 0.15) is 6.26 Å². The van der Waals surface area contributed by atoms with Crippen molar-refractivity contribution in [3.8, 4) is 0 Å². The van der Waals surface area contributed by atoms with E-state index < -0.39 is 5.97 Å². The van der Waals surface area contributed by atoms with Crippen LogP contribution in [0.4, 0.5) is 0 Å². The second-order valence-electron chi connectivity index (χ2n) is 4.56. The van der Waals surface area contributed by atoms with Crippen molar-refractivity contribution in [3.63, 3.8) is 0 Å². The van der Waals surface area contributed by atoms with E-state index in [2.05, 4.69) is 16.8 Å². The molecule has 0 amide bonds. The zero-order chi connectivity index (χ0) is 12.3. The van der Waals surface area contributed by atoms with Crippen LogP contribution in [0.15, 0.2) is 10.7 Å². The summed E-state index contributed by atoms with van der Waals surface area (Å²) in [4.78, 5) is 17.1. The molecule has 1 aromatic rings. The van der Waals surface area contributed by atoms with Crippen molar-refractivity contribution in [2.75, 3.05) is 19.6 Å². The summed E-state index contributed by atoms with van der Waals surface area (Å²) >= 11 is 0. The molecule has 2 heterocycles. The largest absolute Gasteiger partial charge is 0.481 e. The molecule has 1 unspecified atom stereocenters.